The van der Waals surface area contributed by atoms with Crippen molar-refractivity contribution >= 4 is 11.5 Å². The van der Waals surface area contributed by atoms with Crippen LogP contribution < -0.4 is 0 Å². The van der Waals surface area contributed by atoms with Crippen molar-refractivity contribution in [3.63, 3.8) is 0 Å². The van der Waals surface area contributed by atoms with Crippen LogP contribution in [-0.4, -0.2) is 41.4 Å². The maximum atomic E-state index is 13.6. The molecule has 0 saturated carbocycles. The van der Waals surface area contributed by atoms with Gasteiger partial charge in [0.15, 0.2) is 0 Å². The Kier molecular flexibility index (Phi) is 7.26. The number of likely N-dealkylation sites (tertiary alicyclic amines) is 2. The Bertz CT molecular complexity index is 968. The van der Waals surface area contributed by atoms with Crippen molar-refractivity contribution in [2.45, 2.75) is 52.6 Å². The van der Waals surface area contributed by atoms with Gasteiger partial charge in [-0.3, -0.25) is 9.69 Å². The van der Waals surface area contributed by atoms with Crippen molar-refractivity contribution in [3.8, 4) is 0 Å². The number of hydrogen-bond donors (Lipinski definition) is 0. The van der Waals surface area contributed by atoms with Gasteiger partial charge in [-0.05, 0) is 63.4 Å². The molecule has 2 saturated heterocycles. The molecule has 2 heterocycles. The largest absolute Gasteiger partial charge is 0.334 e. The summed E-state index contributed by atoms with van der Waals surface area (Å²) in [6.45, 7) is 10.3. The topological polar surface area (TPSA) is 23.6 Å². The first-order chi connectivity index (χ1) is 15.5. The van der Waals surface area contributed by atoms with Crippen molar-refractivity contribution in [1.29, 1.82) is 0 Å². The van der Waals surface area contributed by atoms with Gasteiger partial charge in [-0.2, -0.15) is 0 Å². The molecule has 2 fully saturated rings. The average molecular weight is 429 g/mol. The van der Waals surface area contributed by atoms with E-state index in [1.54, 1.807) is 0 Å². The molecule has 0 radical (unpaired) electrons. The number of nitrogens with zero attached hydrogens (tertiary/aromatic N) is 2. The Morgan fingerprint density at radius 3 is 2.41 bits per heavy atom. The van der Waals surface area contributed by atoms with Gasteiger partial charge in [-0.15, -0.1) is 0 Å². The second-order valence-corrected chi connectivity index (χ2v) is 9.40. The highest BCUT2D eigenvalue weighted by Gasteiger charge is 2.35. The first-order valence-electron chi connectivity index (χ1n) is 12.1. The first-order valence-corrected chi connectivity index (χ1v) is 12.1. The van der Waals surface area contributed by atoms with E-state index in [0.717, 1.165) is 23.3 Å². The molecule has 0 N–H and O–H groups in total. The molecule has 3 nitrogen and oxygen atoms in total. The third-order valence-corrected chi connectivity index (χ3v) is 7.00. The van der Waals surface area contributed by atoms with Gasteiger partial charge in [-0.1, -0.05) is 78.7 Å². The normalized spacial score (nSPS) is 22.5. The van der Waals surface area contributed by atoms with Crippen LogP contribution in [0.25, 0.3) is 5.57 Å². The number of amides is 1. The van der Waals surface area contributed by atoms with Gasteiger partial charge in [0.25, 0.3) is 5.91 Å². The molecule has 2 aliphatic heterocycles. The fourth-order valence-electron chi connectivity index (χ4n) is 4.98. The number of piperidine rings is 1. The van der Waals surface area contributed by atoms with Crippen LogP contribution >= 0.6 is 0 Å². The van der Waals surface area contributed by atoms with Crippen molar-refractivity contribution in [3.05, 3.63) is 89.0 Å². The Balaban J connectivity index is 1.61. The van der Waals surface area contributed by atoms with Crippen molar-refractivity contribution in [1.82, 2.24) is 9.80 Å². The summed E-state index contributed by atoms with van der Waals surface area (Å²) in [5.74, 6) is 0.298. The summed E-state index contributed by atoms with van der Waals surface area (Å²) in [5, 5.41) is 0. The van der Waals surface area contributed by atoms with Crippen molar-refractivity contribution in [2.75, 3.05) is 19.6 Å². The van der Waals surface area contributed by atoms with Crippen LogP contribution in [0.1, 0.15) is 49.8 Å². The van der Waals surface area contributed by atoms with E-state index >= 15 is 0 Å². The van der Waals surface area contributed by atoms with E-state index in [0.29, 0.717) is 12.6 Å². The molecule has 2 unspecified atom stereocenters. The highest BCUT2D eigenvalue weighted by molar-refractivity contribution is 6.03. The zero-order valence-electron chi connectivity index (χ0n) is 19.8. The Morgan fingerprint density at radius 1 is 1.03 bits per heavy atom. The van der Waals surface area contributed by atoms with E-state index < -0.39 is 0 Å². The van der Waals surface area contributed by atoms with Crippen LogP contribution in [0.2, 0.25) is 0 Å². The standard InChI is InChI=1S/C29H36N2O/c1-22-12-15-26(16-13-22)24(3)28-27(17-14-23(2)30-18-8-5-9-19-30)21-31(29(28)32)20-25-10-6-4-7-11-25/h4,6-7,10-17,23,27H,5,8-9,18-21H2,1-3H3/b17-14+,28-24-. The molecule has 0 spiro atoms. The van der Waals surface area contributed by atoms with Crippen LogP contribution in [0.15, 0.2) is 72.3 Å². The molecule has 2 aromatic carbocycles. The predicted octanol–water partition coefficient (Wildman–Crippen LogP) is 5.86. The molecule has 0 aromatic heterocycles. The lowest BCUT2D eigenvalue weighted by Crippen LogP contribution is -2.36. The van der Waals surface area contributed by atoms with E-state index in [1.165, 1.54) is 43.5 Å². The lowest BCUT2D eigenvalue weighted by molar-refractivity contribution is -0.125. The number of hydrogen-bond acceptors (Lipinski definition) is 2. The van der Waals surface area contributed by atoms with Gasteiger partial charge in [0.1, 0.15) is 0 Å². The van der Waals surface area contributed by atoms with Crippen LogP contribution in [0.4, 0.5) is 0 Å². The average Bonchev–Trinajstić information content (AvgIpc) is 3.13. The Labute approximate surface area is 193 Å². The van der Waals surface area contributed by atoms with Gasteiger partial charge in [0.05, 0.1) is 0 Å². The number of carbonyl (C=O) groups is 1. The first kappa shape index (κ1) is 22.5. The van der Waals surface area contributed by atoms with Gasteiger partial charge in [0.2, 0.25) is 0 Å². The predicted molar refractivity (Wildman–Crippen MR) is 133 cm³/mol. The van der Waals surface area contributed by atoms with Crippen LogP contribution in [-0.2, 0) is 11.3 Å². The quantitative estimate of drug-likeness (QED) is 0.425. The molecule has 32 heavy (non-hydrogen) atoms. The Morgan fingerprint density at radius 2 is 1.72 bits per heavy atom. The minimum Gasteiger partial charge on any atom is -0.334 e. The fraction of sp³-hybridized carbons (Fsp3) is 0.414. The number of allylic oxidation sites excluding steroid dienone is 1. The minimum atomic E-state index is 0.125. The summed E-state index contributed by atoms with van der Waals surface area (Å²) >= 11 is 0. The third kappa shape index (κ3) is 5.21. The van der Waals surface area contributed by atoms with E-state index in [4.69, 9.17) is 0 Å². The van der Waals surface area contributed by atoms with Crippen LogP contribution in [0, 0.1) is 12.8 Å². The minimum absolute atomic E-state index is 0.125. The van der Waals surface area contributed by atoms with E-state index in [9.17, 15) is 4.79 Å². The second kappa shape index (κ2) is 10.3. The zero-order chi connectivity index (χ0) is 22.5. The molecule has 3 heteroatoms. The maximum absolute atomic E-state index is 13.6. The highest BCUT2D eigenvalue weighted by Crippen LogP contribution is 2.33. The number of rotatable bonds is 6. The van der Waals surface area contributed by atoms with Gasteiger partial charge >= 0.3 is 0 Å². The third-order valence-electron chi connectivity index (χ3n) is 7.00. The molecule has 2 aliphatic rings. The van der Waals surface area contributed by atoms with Gasteiger partial charge in [-0.25, -0.2) is 0 Å². The molecule has 2 atom stereocenters. The summed E-state index contributed by atoms with van der Waals surface area (Å²) in [7, 11) is 0. The van der Waals surface area contributed by atoms with Gasteiger partial charge < -0.3 is 4.90 Å². The van der Waals surface area contributed by atoms with E-state index in [2.05, 4.69) is 74.2 Å². The lowest BCUT2D eigenvalue weighted by atomic mass is 9.92. The van der Waals surface area contributed by atoms with Gasteiger partial charge in [0, 0.05) is 30.6 Å². The molecule has 0 aliphatic carbocycles. The number of aryl methyl sites for hydroxylation is 1. The fourth-order valence-corrected chi connectivity index (χ4v) is 4.98. The van der Waals surface area contributed by atoms with Crippen LogP contribution in [0.5, 0.6) is 0 Å². The summed E-state index contributed by atoms with van der Waals surface area (Å²) < 4.78 is 0. The highest BCUT2D eigenvalue weighted by atomic mass is 16.2. The molecular formula is C29H36N2O. The molecule has 168 valence electrons. The molecule has 2 aromatic rings. The zero-order valence-corrected chi connectivity index (χ0v) is 19.8. The van der Waals surface area contributed by atoms with Crippen molar-refractivity contribution < 1.29 is 4.79 Å². The lowest BCUT2D eigenvalue weighted by Gasteiger charge is -2.30. The van der Waals surface area contributed by atoms with E-state index in [-0.39, 0.29) is 11.8 Å². The summed E-state index contributed by atoms with van der Waals surface area (Å²) in [6.07, 6.45) is 8.57. The van der Waals surface area contributed by atoms with E-state index in [1.807, 2.05) is 23.1 Å². The maximum Gasteiger partial charge on any atom is 0.251 e. The summed E-state index contributed by atoms with van der Waals surface area (Å²) in [5.41, 5.74) is 5.61. The number of benzene rings is 2. The monoisotopic (exact) mass is 428 g/mol. The summed E-state index contributed by atoms with van der Waals surface area (Å²) in [4.78, 5) is 18.2. The molecular weight excluding hydrogens is 392 g/mol. The second-order valence-electron chi connectivity index (χ2n) is 9.40. The SMILES string of the molecule is C/C(=C1/C(=O)N(Cc2ccccc2)CC1/C=C/C(C)N1CCCCC1)c1ccc(C)cc1. The summed E-state index contributed by atoms with van der Waals surface area (Å²) in [6, 6.07) is 19.3. The van der Waals surface area contributed by atoms with Crippen LogP contribution in [0.3, 0.4) is 0 Å². The molecule has 0 bridgehead atoms. The smallest absolute Gasteiger partial charge is 0.251 e. The Hall–Kier alpha value is -2.65. The molecule has 4 rings (SSSR count). The van der Waals surface area contributed by atoms with Crippen molar-refractivity contribution in [2.24, 2.45) is 5.92 Å². The number of carbonyl (C=O) groups excluding carboxylic acids is 1. The molecule has 1 amide bonds.